The SMILES string of the molecule is NCC(CCCCCCCC/C=C\CCCCCCCCCCCC(N)=O)NCCCCCCCC/C=C\CCCCCCCCCCCC(N)=O. The molecule has 0 rings (SSSR count). The molecule has 0 aliphatic heterocycles. The van der Waals surface area contributed by atoms with Crippen LogP contribution in [0.15, 0.2) is 24.3 Å². The summed E-state index contributed by atoms with van der Waals surface area (Å²) in [7, 11) is 0. The number of allylic oxidation sites excluding steroid dienone is 4. The summed E-state index contributed by atoms with van der Waals surface area (Å²) >= 11 is 0. The van der Waals surface area contributed by atoms with Crippen molar-refractivity contribution in [2.24, 2.45) is 17.2 Å². The van der Waals surface area contributed by atoms with Gasteiger partial charge in [0.1, 0.15) is 0 Å². The van der Waals surface area contributed by atoms with E-state index in [4.69, 9.17) is 17.2 Å². The van der Waals surface area contributed by atoms with Crippen LogP contribution in [0.3, 0.4) is 0 Å². The standard InChI is InChI=1S/C46H90N4O2/c47-43-44(39-35-31-27-23-19-15-11-7-3-1-4-8-12-16-20-24-28-32-36-40-45(48)51)50-42-38-34-30-26-22-18-14-10-6-2-5-9-13-17-21-25-29-33-37-41-46(49)52/h3,6-7,10,44,50H,1-2,4-5,8-9,11-43,47H2,(H2,48,51)(H2,49,52)/b7-3-,10-6-. The lowest BCUT2D eigenvalue weighted by Gasteiger charge is -2.16. The van der Waals surface area contributed by atoms with Crippen LogP contribution in [0.4, 0.5) is 0 Å². The van der Waals surface area contributed by atoms with E-state index in [0.29, 0.717) is 18.9 Å². The molecule has 2 amide bonds. The van der Waals surface area contributed by atoms with Crippen molar-refractivity contribution in [1.29, 1.82) is 0 Å². The van der Waals surface area contributed by atoms with Crippen LogP contribution in [0.25, 0.3) is 0 Å². The molecular formula is C46H90N4O2. The molecule has 0 saturated heterocycles. The first-order chi connectivity index (χ1) is 25.6. The Morgan fingerprint density at radius 2 is 0.654 bits per heavy atom. The molecule has 0 fully saturated rings. The minimum atomic E-state index is -0.161. The van der Waals surface area contributed by atoms with E-state index < -0.39 is 0 Å². The maximum Gasteiger partial charge on any atom is 0.217 e. The molecule has 52 heavy (non-hydrogen) atoms. The Hall–Kier alpha value is -1.66. The van der Waals surface area contributed by atoms with Crippen LogP contribution in [0.1, 0.15) is 238 Å². The zero-order valence-corrected chi connectivity index (χ0v) is 34.5. The van der Waals surface area contributed by atoms with E-state index >= 15 is 0 Å². The van der Waals surface area contributed by atoms with Crippen molar-refractivity contribution in [2.45, 2.75) is 244 Å². The van der Waals surface area contributed by atoms with Crippen molar-refractivity contribution in [1.82, 2.24) is 5.32 Å². The number of nitrogens with one attached hydrogen (secondary N) is 1. The van der Waals surface area contributed by atoms with Gasteiger partial charge in [0.2, 0.25) is 11.8 Å². The van der Waals surface area contributed by atoms with Crippen LogP contribution in [-0.4, -0.2) is 30.9 Å². The van der Waals surface area contributed by atoms with Crippen molar-refractivity contribution in [3.8, 4) is 0 Å². The van der Waals surface area contributed by atoms with Gasteiger partial charge in [0.15, 0.2) is 0 Å². The Morgan fingerprint density at radius 3 is 0.962 bits per heavy atom. The number of hydrogen-bond donors (Lipinski definition) is 4. The lowest BCUT2D eigenvalue weighted by Crippen LogP contribution is -2.36. The Labute approximate surface area is 324 Å². The summed E-state index contributed by atoms with van der Waals surface area (Å²) in [6.07, 6.45) is 56.0. The number of unbranched alkanes of at least 4 members (excludes halogenated alkanes) is 30. The Morgan fingerprint density at radius 1 is 0.385 bits per heavy atom. The molecule has 6 nitrogen and oxygen atoms in total. The summed E-state index contributed by atoms with van der Waals surface area (Å²) in [6, 6.07) is 0.499. The highest BCUT2D eigenvalue weighted by molar-refractivity contribution is 5.73. The second-order valence-corrected chi connectivity index (χ2v) is 15.8. The Bertz CT molecular complexity index is 799. The maximum absolute atomic E-state index is 10.7. The first-order valence-corrected chi connectivity index (χ1v) is 22.9. The van der Waals surface area contributed by atoms with Gasteiger partial charge in [-0.25, -0.2) is 0 Å². The van der Waals surface area contributed by atoms with Crippen molar-refractivity contribution in [3.63, 3.8) is 0 Å². The number of rotatable bonds is 44. The molecule has 0 aromatic rings. The molecule has 0 aliphatic rings. The molecule has 0 aliphatic carbocycles. The Kier molecular flexibility index (Phi) is 42.3. The highest BCUT2D eigenvalue weighted by atomic mass is 16.1. The predicted molar refractivity (Wildman–Crippen MR) is 228 cm³/mol. The molecule has 7 N–H and O–H groups in total. The second-order valence-electron chi connectivity index (χ2n) is 15.8. The zero-order valence-electron chi connectivity index (χ0n) is 34.5. The van der Waals surface area contributed by atoms with E-state index in [1.165, 1.54) is 199 Å². The van der Waals surface area contributed by atoms with Crippen LogP contribution in [0, 0.1) is 0 Å². The highest BCUT2D eigenvalue weighted by Gasteiger charge is 2.05. The van der Waals surface area contributed by atoms with Crippen molar-refractivity contribution in [2.75, 3.05) is 13.1 Å². The third-order valence-corrected chi connectivity index (χ3v) is 10.6. The van der Waals surface area contributed by atoms with E-state index in [-0.39, 0.29) is 11.8 Å². The fourth-order valence-electron chi connectivity index (χ4n) is 7.13. The second kappa shape index (κ2) is 43.7. The first kappa shape index (κ1) is 50.3. The molecule has 0 saturated carbocycles. The summed E-state index contributed by atoms with van der Waals surface area (Å²) in [4.78, 5) is 21.5. The third kappa shape index (κ3) is 44.5. The fraction of sp³-hybridized carbons (Fsp3) is 0.870. The molecule has 0 radical (unpaired) electrons. The lowest BCUT2D eigenvalue weighted by atomic mass is 10.0. The summed E-state index contributed by atoms with van der Waals surface area (Å²) in [6.45, 7) is 1.89. The largest absolute Gasteiger partial charge is 0.370 e. The quantitative estimate of drug-likeness (QED) is 0.0368. The molecule has 0 heterocycles. The molecule has 1 unspecified atom stereocenters. The molecule has 306 valence electrons. The predicted octanol–water partition coefficient (Wildman–Crippen LogP) is 12.4. The fourth-order valence-corrected chi connectivity index (χ4v) is 7.13. The maximum atomic E-state index is 10.7. The average Bonchev–Trinajstić information content (AvgIpc) is 3.13. The van der Waals surface area contributed by atoms with Gasteiger partial charge in [-0.2, -0.15) is 0 Å². The van der Waals surface area contributed by atoms with Crippen LogP contribution >= 0.6 is 0 Å². The van der Waals surface area contributed by atoms with Gasteiger partial charge < -0.3 is 22.5 Å². The molecule has 6 heteroatoms. The van der Waals surface area contributed by atoms with E-state index in [0.717, 1.165) is 38.8 Å². The molecule has 0 spiro atoms. The van der Waals surface area contributed by atoms with Gasteiger partial charge in [-0.15, -0.1) is 0 Å². The van der Waals surface area contributed by atoms with E-state index in [2.05, 4.69) is 29.6 Å². The lowest BCUT2D eigenvalue weighted by molar-refractivity contribution is -0.119. The first-order valence-electron chi connectivity index (χ1n) is 22.9. The number of primary amides is 2. The van der Waals surface area contributed by atoms with Gasteiger partial charge in [-0.1, -0.05) is 172 Å². The van der Waals surface area contributed by atoms with Crippen LogP contribution < -0.4 is 22.5 Å². The van der Waals surface area contributed by atoms with Crippen molar-refractivity contribution < 1.29 is 9.59 Å². The summed E-state index contributed by atoms with van der Waals surface area (Å²) < 4.78 is 0. The van der Waals surface area contributed by atoms with E-state index in [9.17, 15) is 9.59 Å². The molecular weight excluding hydrogens is 641 g/mol. The highest BCUT2D eigenvalue weighted by Crippen LogP contribution is 2.15. The van der Waals surface area contributed by atoms with Gasteiger partial charge in [0.05, 0.1) is 0 Å². The smallest absolute Gasteiger partial charge is 0.217 e. The number of carbonyl (C=O) groups is 2. The molecule has 0 aromatic carbocycles. The van der Waals surface area contributed by atoms with Gasteiger partial charge in [-0.05, 0) is 83.6 Å². The minimum Gasteiger partial charge on any atom is -0.370 e. The summed E-state index contributed by atoms with van der Waals surface area (Å²) in [5.74, 6) is -0.322. The van der Waals surface area contributed by atoms with Gasteiger partial charge in [0.25, 0.3) is 0 Å². The Balaban J connectivity index is 3.33. The van der Waals surface area contributed by atoms with Crippen LogP contribution in [-0.2, 0) is 9.59 Å². The summed E-state index contributed by atoms with van der Waals surface area (Å²) in [5.41, 5.74) is 16.4. The van der Waals surface area contributed by atoms with Crippen LogP contribution in [0.5, 0.6) is 0 Å². The van der Waals surface area contributed by atoms with Crippen LogP contribution in [0.2, 0.25) is 0 Å². The third-order valence-electron chi connectivity index (χ3n) is 10.6. The number of hydrogen-bond acceptors (Lipinski definition) is 4. The number of nitrogens with two attached hydrogens (primary N) is 3. The average molecular weight is 731 g/mol. The van der Waals surface area contributed by atoms with Crippen molar-refractivity contribution >= 4 is 11.8 Å². The van der Waals surface area contributed by atoms with E-state index in [1.54, 1.807) is 0 Å². The number of carbonyl (C=O) groups excluding carboxylic acids is 2. The topological polar surface area (TPSA) is 124 Å². The molecule has 0 aromatic heterocycles. The van der Waals surface area contributed by atoms with Gasteiger partial charge >= 0.3 is 0 Å². The van der Waals surface area contributed by atoms with E-state index in [1.807, 2.05) is 0 Å². The normalized spacial score (nSPS) is 12.4. The molecule has 0 bridgehead atoms. The zero-order chi connectivity index (χ0) is 37.8. The number of amides is 2. The summed E-state index contributed by atoms with van der Waals surface area (Å²) in [5, 5.41) is 3.73. The van der Waals surface area contributed by atoms with Gasteiger partial charge in [0, 0.05) is 25.4 Å². The van der Waals surface area contributed by atoms with Gasteiger partial charge in [-0.3, -0.25) is 9.59 Å². The van der Waals surface area contributed by atoms with Crippen molar-refractivity contribution in [3.05, 3.63) is 24.3 Å². The minimum absolute atomic E-state index is 0.161. The monoisotopic (exact) mass is 731 g/mol. The molecule has 1 atom stereocenters.